The highest BCUT2D eigenvalue weighted by Crippen LogP contribution is 2.31. The maximum Gasteiger partial charge on any atom is 0.338 e. The van der Waals surface area contributed by atoms with Gasteiger partial charge in [-0.2, -0.15) is 0 Å². The molecule has 3 aromatic rings. The Bertz CT molecular complexity index is 1440. The molecule has 1 atom stereocenters. The summed E-state index contributed by atoms with van der Waals surface area (Å²) in [5, 5.41) is 0.589. The fourth-order valence-electron chi connectivity index (χ4n) is 3.64. The van der Waals surface area contributed by atoms with E-state index in [4.69, 9.17) is 16.3 Å². The van der Waals surface area contributed by atoms with Gasteiger partial charge < -0.3 is 4.74 Å². The molecule has 8 heteroatoms. The minimum absolute atomic E-state index is 0.0763. The third-order valence-corrected chi connectivity index (χ3v) is 7.11. The number of fused-ring (bicyclic) bond motifs is 1. The Morgan fingerprint density at radius 1 is 1.30 bits per heavy atom. The molecule has 0 N–H and O–H groups in total. The Kier molecular flexibility index (Phi) is 7.02. The Hall–Kier alpha value is -2.87. The molecule has 2 heterocycles. The van der Waals surface area contributed by atoms with Gasteiger partial charge in [0.2, 0.25) is 0 Å². The molecule has 1 aliphatic rings. The number of halogens is 1. The van der Waals surface area contributed by atoms with Gasteiger partial charge in [-0.3, -0.25) is 9.36 Å². The molecule has 4 rings (SSSR count). The molecule has 0 fully saturated rings. The van der Waals surface area contributed by atoms with E-state index in [-0.39, 0.29) is 12.2 Å². The number of thiazole rings is 1. The van der Waals surface area contributed by atoms with Gasteiger partial charge >= 0.3 is 5.97 Å². The zero-order valence-corrected chi connectivity index (χ0v) is 20.5. The molecule has 0 amide bonds. The molecule has 1 unspecified atom stereocenters. The monoisotopic (exact) mass is 496 g/mol. The molecule has 5 nitrogen and oxygen atoms in total. The number of hydrogen-bond acceptors (Lipinski definition) is 6. The van der Waals surface area contributed by atoms with Crippen LogP contribution in [0, 0.1) is 0 Å². The van der Waals surface area contributed by atoms with E-state index >= 15 is 0 Å². The number of rotatable bonds is 6. The van der Waals surface area contributed by atoms with Crippen LogP contribution in [-0.2, 0) is 9.53 Å². The van der Waals surface area contributed by atoms with E-state index in [1.54, 1.807) is 41.5 Å². The van der Waals surface area contributed by atoms with E-state index < -0.39 is 12.0 Å². The van der Waals surface area contributed by atoms with E-state index in [0.29, 0.717) is 25.6 Å². The maximum absolute atomic E-state index is 13.6. The van der Waals surface area contributed by atoms with E-state index in [0.717, 1.165) is 16.0 Å². The minimum atomic E-state index is -0.643. The van der Waals surface area contributed by atoms with E-state index in [1.165, 1.54) is 17.4 Å². The van der Waals surface area contributed by atoms with E-state index in [2.05, 4.69) is 11.6 Å². The molecule has 0 saturated heterocycles. The predicted molar refractivity (Wildman–Crippen MR) is 135 cm³/mol. The lowest BCUT2D eigenvalue weighted by Gasteiger charge is -2.24. The average Bonchev–Trinajstić information content (AvgIpc) is 3.11. The average molecular weight is 497 g/mol. The number of carbonyl (C=O) groups excluding carboxylic acids is 1. The predicted octanol–water partition coefficient (Wildman–Crippen LogP) is 4.34. The van der Waals surface area contributed by atoms with Crippen molar-refractivity contribution in [2.75, 3.05) is 12.9 Å². The second-order valence-electron chi connectivity index (χ2n) is 7.30. The highest BCUT2D eigenvalue weighted by atomic mass is 35.5. The normalized spacial score (nSPS) is 15.7. The topological polar surface area (TPSA) is 60.7 Å². The van der Waals surface area contributed by atoms with Crippen molar-refractivity contribution in [3.63, 3.8) is 0 Å². The van der Waals surface area contributed by atoms with Crippen molar-refractivity contribution in [1.82, 2.24) is 4.57 Å². The first-order chi connectivity index (χ1) is 15.9. The Morgan fingerprint density at radius 2 is 2.06 bits per heavy atom. The van der Waals surface area contributed by atoms with Crippen LogP contribution < -0.4 is 14.9 Å². The van der Waals surface area contributed by atoms with Gasteiger partial charge in [-0.1, -0.05) is 59.9 Å². The van der Waals surface area contributed by atoms with Crippen LogP contribution in [0.4, 0.5) is 0 Å². The Morgan fingerprint density at radius 3 is 2.73 bits per heavy atom. The molecular weight excluding hydrogens is 476 g/mol. The summed E-state index contributed by atoms with van der Waals surface area (Å²) in [5.41, 5.74) is 2.27. The smallest absolute Gasteiger partial charge is 0.338 e. The first kappa shape index (κ1) is 23.3. The first-order valence-corrected chi connectivity index (χ1v) is 12.5. The van der Waals surface area contributed by atoms with Gasteiger partial charge in [-0.25, -0.2) is 9.79 Å². The van der Waals surface area contributed by atoms with Crippen molar-refractivity contribution in [1.29, 1.82) is 0 Å². The summed E-state index contributed by atoms with van der Waals surface area (Å²) in [6.45, 7) is 5.45. The van der Waals surface area contributed by atoms with E-state index in [9.17, 15) is 9.59 Å². The highest BCUT2D eigenvalue weighted by molar-refractivity contribution is 7.98. The maximum atomic E-state index is 13.6. The van der Waals surface area contributed by atoms with Crippen LogP contribution >= 0.6 is 34.7 Å². The summed E-state index contributed by atoms with van der Waals surface area (Å²) >= 11 is 9.01. The molecule has 1 aromatic heterocycles. The van der Waals surface area contributed by atoms with Crippen molar-refractivity contribution in [2.45, 2.75) is 17.9 Å². The third kappa shape index (κ3) is 4.76. The van der Waals surface area contributed by atoms with Gasteiger partial charge in [0.1, 0.15) is 6.61 Å². The van der Waals surface area contributed by atoms with Gasteiger partial charge in [-0.05, 0) is 54.6 Å². The van der Waals surface area contributed by atoms with Crippen molar-refractivity contribution in [3.8, 4) is 0 Å². The number of ether oxygens (including phenoxy) is 1. The summed E-state index contributed by atoms with van der Waals surface area (Å²) in [7, 11) is 0. The van der Waals surface area contributed by atoms with Gasteiger partial charge in [0.15, 0.2) is 4.80 Å². The second kappa shape index (κ2) is 9.95. The van der Waals surface area contributed by atoms with E-state index in [1.807, 2.05) is 42.7 Å². The van der Waals surface area contributed by atoms with Gasteiger partial charge in [0.05, 0.1) is 21.8 Å². The molecule has 0 spiro atoms. The molecule has 0 radical (unpaired) electrons. The molecule has 0 bridgehead atoms. The second-order valence-corrected chi connectivity index (χ2v) is 9.62. The first-order valence-electron chi connectivity index (χ1n) is 10.1. The van der Waals surface area contributed by atoms with Crippen molar-refractivity contribution in [2.24, 2.45) is 4.99 Å². The number of allylic oxidation sites excluding steroid dienone is 1. The quantitative estimate of drug-likeness (QED) is 0.289. The van der Waals surface area contributed by atoms with Crippen LogP contribution in [0.3, 0.4) is 0 Å². The largest absolute Gasteiger partial charge is 0.458 e. The molecule has 33 heavy (non-hydrogen) atoms. The van der Waals surface area contributed by atoms with Crippen LogP contribution in [0.25, 0.3) is 6.08 Å². The Labute approximate surface area is 204 Å². The fraction of sp³-hybridized carbons (Fsp3) is 0.160. The fourth-order valence-corrected chi connectivity index (χ4v) is 5.30. The molecule has 2 aromatic carbocycles. The molecule has 1 aliphatic heterocycles. The van der Waals surface area contributed by atoms with Crippen molar-refractivity contribution >= 4 is 46.7 Å². The number of benzene rings is 2. The molecule has 0 aliphatic carbocycles. The standard InChI is InChI=1S/C25H21ClN2O3S2/c1-4-12-31-24(30)21-15(2)27-25-28(22(21)17-8-10-19(32-3)11-9-17)23(29)20(33-25)14-16-6-5-7-18(26)13-16/h4-11,13-14,22H,1,12H2,2-3H3. The number of carbonyl (C=O) groups is 1. The van der Waals surface area contributed by atoms with Crippen LogP contribution in [0.2, 0.25) is 5.02 Å². The van der Waals surface area contributed by atoms with Crippen LogP contribution in [0.15, 0.2) is 87.1 Å². The summed E-state index contributed by atoms with van der Waals surface area (Å²) in [6, 6.07) is 14.5. The number of nitrogens with zero attached hydrogens (tertiary/aromatic N) is 2. The minimum Gasteiger partial charge on any atom is -0.458 e. The summed E-state index contributed by atoms with van der Waals surface area (Å²) in [5.74, 6) is -0.515. The number of hydrogen-bond donors (Lipinski definition) is 0. The number of esters is 1. The van der Waals surface area contributed by atoms with Gasteiger partial charge in [0, 0.05) is 9.92 Å². The van der Waals surface area contributed by atoms with Crippen LogP contribution in [-0.4, -0.2) is 23.4 Å². The summed E-state index contributed by atoms with van der Waals surface area (Å²) in [6.07, 6.45) is 5.30. The molecule has 168 valence electrons. The number of aromatic nitrogens is 1. The highest BCUT2D eigenvalue weighted by Gasteiger charge is 2.33. The molecular formula is C25H21ClN2O3S2. The van der Waals surface area contributed by atoms with Gasteiger partial charge in [0.25, 0.3) is 5.56 Å². The lowest BCUT2D eigenvalue weighted by atomic mass is 9.96. The lowest BCUT2D eigenvalue weighted by molar-refractivity contribution is -0.138. The lowest BCUT2D eigenvalue weighted by Crippen LogP contribution is -2.39. The zero-order valence-electron chi connectivity index (χ0n) is 18.1. The Balaban J connectivity index is 1.92. The van der Waals surface area contributed by atoms with Crippen LogP contribution in [0.5, 0.6) is 0 Å². The van der Waals surface area contributed by atoms with Gasteiger partial charge in [-0.15, -0.1) is 11.8 Å². The molecule has 0 saturated carbocycles. The third-order valence-electron chi connectivity index (χ3n) is 5.15. The summed E-state index contributed by atoms with van der Waals surface area (Å²) < 4.78 is 7.44. The van der Waals surface area contributed by atoms with Crippen molar-refractivity contribution < 1.29 is 9.53 Å². The number of thioether (sulfide) groups is 1. The SMILES string of the molecule is C=CCOC(=O)C1=C(C)N=c2sc(=Cc3cccc(Cl)c3)c(=O)n2C1c1ccc(SC)cc1. The van der Waals surface area contributed by atoms with Crippen LogP contribution in [0.1, 0.15) is 24.1 Å². The zero-order chi connectivity index (χ0) is 23.5. The van der Waals surface area contributed by atoms with Crippen molar-refractivity contribution in [3.05, 3.63) is 108 Å². The summed E-state index contributed by atoms with van der Waals surface area (Å²) in [4.78, 5) is 32.8.